The first-order chi connectivity index (χ1) is 8.08. The van der Waals surface area contributed by atoms with E-state index in [0.29, 0.717) is 5.69 Å². The molecule has 92 valence electrons. The van der Waals surface area contributed by atoms with Crippen LogP contribution in [0.5, 0.6) is 0 Å². The lowest BCUT2D eigenvalue weighted by atomic mass is 10.0. The molecule has 1 aromatic rings. The normalized spacial score (nSPS) is 23.7. The summed E-state index contributed by atoms with van der Waals surface area (Å²) in [5.41, 5.74) is 1.44. The molecular formula is C13H17FN2O. The summed E-state index contributed by atoms with van der Waals surface area (Å²) in [5.74, 6) is -0.391. The van der Waals surface area contributed by atoms with Crippen molar-refractivity contribution in [1.82, 2.24) is 5.32 Å². The molecule has 0 radical (unpaired) electrons. The van der Waals surface area contributed by atoms with Crippen LogP contribution >= 0.6 is 0 Å². The van der Waals surface area contributed by atoms with Gasteiger partial charge >= 0.3 is 0 Å². The van der Waals surface area contributed by atoms with E-state index in [2.05, 4.69) is 10.6 Å². The Morgan fingerprint density at radius 1 is 1.53 bits per heavy atom. The van der Waals surface area contributed by atoms with Crippen molar-refractivity contribution in [3.05, 3.63) is 29.6 Å². The van der Waals surface area contributed by atoms with Gasteiger partial charge in [-0.25, -0.2) is 4.39 Å². The second-order valence-electron chi connectivity index (χ2n) is 4.59. The van der Waals surface area contributed by atoms with E-state index in [1.54, 1.807) is 6.07 Å². The lowest BCUT2D eigenvalue weighted by molar-refractivity contribution is -0.120. The fourth-order valence-electron chi connectivity index (χ4n) is 2.17. The Bertz CT molecular complexity index is 433. The first-order valence-electron chi connectivity index (χ1n) is 5.88. The SMILES string of the molecule is Cc1ccc(F)cc1NC(=O)C1CCNC1C. The molecule has 2 unspecified atom stereocenters. The molecule has 2 N–H and O–H groups in total. The molecule has 2 atom stereocenters. The summed E-state index contributed by atoms with van der Waals surface area (Å²) >= 11 is 0. The number of carbonyl (C=O) groups excluding carboxylic acids is 1. The first kappa shape index (κ1) is 12.0. The molecule has 0 bridgehead atoms. The molecule has 1 heterocycles. The average molecular weight is 236 g/mol. The summed E-state index contributed by atoms with van der Waals surface area (Å²) in [7, 11) is 0. The number of amides is 1. The number of hydrogen-bond donors (Lipinski definition) is 2. The molecule has 1 amide bonds. The monoisotopic (exact) mass is 236 g/mol. The Hall–Kier alpha value is -1.42. The number of halogens is 1. The molecule has 0 saturated carbocycles. The molecule has 2 rings (SSSR count). The number of hydrogen-bond acceptors (Lipinski definition) is 2. The van der Waals surface area contributed by atoms with Gasteiger partial charge in [0.15, 0.2) is 0 Å². The Morgan fingerprint density at radius 2 is 2.29 bits per heavy atom. The molecule has 0 aromatic heterocycles. The highest BCUT2D eigenvalue weighted by Crippen LogP contribution is 2.20. The lowest BCUT2D eigenvalue weighted by Gasteiger charge is -2.16. The predicted octanol–water partition coefficient (Wildman–Crippen LogP) is 2.07. The Labute approximate surface area is 100 Å². The number of carbonyl (C=O) groups is 1. The van der Waals surface area contributed by atoms with Gasteiger partial charge in [-0.15, -0.1) is 0 Å². The van der Waals surface area contributed by atoms with Gasteiger partial charge in [0.1, 0.15) is 5.82 Å². The quantitative estimate of drug-likeness (QED) is 0.825. The van der Waals surface area contributed by atoms with Crippen LogP contribution in [0.1, 0.15) is 18.9 Å². The second-order valence-corrected chi connectivity index (χ2v) is 4.59. The van der Waals surface area contributed by atoms with Crippen molar-refractivity contribution in [2.45, 2.75) is 26.3 Å². The summed E-state index contributed by atoms with van der Waals surface area (Å²) in [5, 5.41) is 6.03. The minimum atomic E-state index is -0.330. The first-order valence-corrected chi connectivity index (χ1v) is 5.88. The van der Waals surface area contributed by atoms with Crippen LogP contribution in [0.3, 0.4) is 0 Å². The number of nitrogens with one attached hydrogen (secondary N) is 2. The zero-order valence-corrected chi connectivity index (χ0v) is 10.1. The average Bonchev–Trinajstić information content (AvgIpc) is 2.70. The van der Waals surface area contributed by atoms with Crippen molar-refractivity contribution in [2.24, 2.45) is 5.92 Å². The van der Waals surface area contributed by atoms with Gasteiger partial charge < -0.3 is 10.6 Å². The largest absolute Gasteiger partial charge is 0.325 e. The molecular weight excluding hydrogens is 219 g/mol. The summed E-state index contributed by atoms with van der Waals surface area (Å²) in [4.78, 5) is 12.0. The third-order valence-corrected chi connectivity index (χ3v) is 3.32. The van der Waals surface area contributed by atoms with E-state index in [1.807, 2.05) is 13.8 Å². The molecule has 17 heavy (non-hydrogen) atoms. The maximum atomic E-state index is 13.1. The van der Waals surface area contributed by atoms with Crippen molar-refractivity contribution >= 4 is 11.6 Å². The van der Waals surface area contributed by atoms with Gasteiger partial charge in [0, 0.05) is 11.7 Å². The molecule has 1 fully saturated rings. The summed E-state index contributed by atoms with van der Waals surface area (Å²) in [6.07, 6.45) is 0.835. The lowest BCUT2D eigenvalue weighted by Crippen LogP contribution is -2.32. The number of anilines is 1. The van der Waals surface area contributed by atoms with E-state index in [1.165, 1.54) is 12.1 Å². The van der Waals surface area contributed by atoms with Crippen LogP contribution in [0.2, 0.25) is 0 Å². The van der Waals surface area contributed by atoms with E-state index in [4.69, 9.17) is 0 Å². The fraction of sp³-hybridized carbons (Fsp3) is 0.462. The highest BCUT2D eigenvalue weighted by Gasteiger charge is 2.29. The van der Waals surface area contributed by atoms with E-state index >= 15 is 0 Å². The van der Waals surface area contributed by atoms with Crippen LogP contribution < -0.4 is 10.6 Å². The third kappa shape index (κ3) is 2.64. The number of rotatable bonds is 2. The van der Waals surface area contributed by atoms with Gasteiger partial charge in [-0.1, -0.05) is 6.07 Å². The summed E-state index contributed by atoms with van der Waals surface area (Å²) in [6, 6.07) is 4.61. The zero-order valence-electron chi connectivity index (χ0n) is 10.1. The Kier molecular flexibility index (Phi) is 3.43. The molecule has 1 aliphatic rings. The van der Waals surface area contributed by atoms with Crippen LogP contribution in [-0.2, 0) is 4.79 Å². The van der Waals surface area contributed by atoms with E-state index in [-0.39, 0.29) is 23.7 Å². The smallest absolute Gasteiger partial charge is 0.229 e. The van der Waals surface area contributed by atoms with Crippen molar-refractivity contribution < 1.29 is 9.18 Å². The third-order valence-electron chi connectivity index (χ3n) is 3.32. The van der Waals surface area contributed by atoms with Gasteiger partial charge in [-0.05, 0) is 44.5 Å². The molecule has 0 aliphatic carbocycles. The maximum Gasteiger partial charge on any atom is 0.229 e. The van der Waals surface area contributed by atoms with Crippen molar-refractivity contribution in [1.29, 1.82) is 0 Å². The second kappa shape index (κ2) is 4.84. The van der Waals surface area contributed by atoms with Crippen LogP contribution in [0, 0.1) is 18.7 Å². The Balaban J connectivity index is 2.10. The van der Waals surface area contributed by atoms with Gasteiger partial charge in [0.05, 0.1) is 5.92 Å². The molecule has 1 saturated heterocycles. The van der Waals surface area contributed by atoms with Gasteiger partial charge in [0.2, 0.25) is 5.91 Å². The molecule has 4 heteroatoms. The van der Waals surface area contributed by atoms with Crippen LogP contribution in [0.25, 0.3) is 0 Å². The van der Waals surface area contributed by atoms with Crippen LogP contribution in [-0.4, -0.2) is 18.5 Å². The van der Waals surface area contributed by atoms with Crippen molar-refractivity contribution in [2.75, 3.05) is 11.9 Å². The highest BCUT2D eigenvalue weighted by atomic mass is 19.1. The molecule has 0 spiro atoms. The van der Waals surface area contributed by atoms with E-state index in [9.17, 15) is 9.18 Å². The molecule has 1 aliphatic heterocycles. The summed E-state index contributed by atoms with van der Waals surface area (Å²) < 4.78 is 13.1. The maximum absolute atomic E-state index is 13.1. The van der Waals surface area contributed by atoms with E-state index < -0.39 is 0 Å². The predicted molar refractivity (Wildman–Crippen MR) is 65.3 cm³/mol. The molecule has 3 nitrogen and oxygen atoms in total. The minimum Gasteiger partial charge on any atom is -0.325 e. The van der Waals surface area contributed by atoms with Crippen LogP contribution in [0.4, 0.5) is 10.1 Å². The minimum absolute atomic E-state index is 0.0299. The fourth-order valence-corrected chi connectivity index (χ4v) is 2.17. The van der Waals surface area contributed by atoms with Gasteiger partial charge in [-0.3, -0.25) is 4.79 Å². The Morgan fingerprint density at radius 3 is 2.94 bits per heavy atom. The van der Waals surface area contributed by atoms with Crippen molar-refractivity contribution in [3.63, 3.8) is 0 Å². The summed E-state index contributed by atoms with van der Waals surface area (Å²) in [6.45, 7) is 4.71. The topological polar surface area (TPSA) is 41.1 Å². The molecule has 1 aromatic carbocycles. The standard InChI is InChI=1S/C13H17FN2O/c1-8-3-4-10(14)7-12(8)16-13(17)11-5-6-15-9(11)2/h3-4,7,9,11,15H,5-6H2,1-2H3,(H,16,17). The number of aryl methyl sites for hydroxylation is 1. The van der Waals surface area contributed by atoms with Crippen LogP contribution in [0.15, 0.2) is 18.2 Å². The van der Waals surface area contributed by atoms with E-state index in [0.717, 1.165) is 18.5 Å². The zero-order chi connectivity index (χ0) is 12.4. The van der Waals surface area contributed by atoms with Gasteiger partial charge in [0.25, 0.3) is 0 Å². The number of benzene rings is 1. The highest BCUT2D eigenvalue weighted by molar-refractivity contribution is 5.93. The van der Waals surface area contributed by atoms with Gasteiger partial charge in [-0.2, -0.15) is 0 Å². The van der Waals surface area contributed by atoms with Crippen molar-refractivity contribution in [3.8, 4) is 0 Å².